The van der Waals surface area contributed by atoms with E-state index in [2.05, 4.69) is 29.8 Å². The predicted molar refractivity (Wildman–Crippen MR) is 178 cm³/mol. The van der Waals surface area contributed by atoms with Gasteiger partial charge in [0.15, 0.2) is 0 Å². The molecule has 0 radical (unpaired) electrons. The Bertz CT molecular complexity index is 1670. The topological polar surface area (TPSA) is 103 Å². The van der Waals surface area contributed by atoms with Crippen molar-refractivity contribution in [1.29, 1.82) is 0 Å². The number of benzene rings is 2. The number of carbonyl (C=O) groups is 3. The molecule has 2 aromatic carbocycles. The molecule has 0 spiro atoms. The van der Waals surface area contributed by atoms with Crippen LogP contribution >= 0.6 is 12.2 Å². The maximum atomic E-state index is 13.9. The molecule has 0 saturated carbocycles. The Kier molecular flexibility index (Phi) is 8.36. The standard InChI is InChI=1S/C33H40N8O3S/c1-22-18-23(31(42)40-21-25-20-35-37(2)30(25)36-26-8-5-6-9-27(26)40)10-11-24(22)19-34-33(44)39-14-12-28(45)29(39)32(43)38-13-7-16-41(3,4)17-15-38/h5-6,8-11,18,20,29H,7,12-17,19,21H2,1-4H3,(H-,34,35,36,44)/p+1/t29-/m0/s1. The smallest absolute Gasteiger partial charge is 0.318 e. The Labute approximate surface area is 269 Å². The molecule has 11 nitrogen and oxygen atoms in total. The van der Waals surface area contributed by atoms with Gasteiger partial charge in [-0.25, -0.2) is 4.79 Å². The third-order valence-electron chi connectivity index (χ3n) is 9.24. The lowest BCUT2D eigenvalue weighted by molar-refractivity contribution is -0.888. The summed E-state index contributed by atoms with van der Waals surface area (Å²) in [7, 11) is 6.24. The number of aryl methyl sites for hydroxylation is 2. The van der Waals surface area contributed by atoms with Gasteiger partial charge in [-0.3, -0.25) is 14.3 Å². The third-order valence-corrected chi connectivity index (χ3v) is 9.67. The van der Waals surface area contributed by atoms with Crippen LogP contribution in [0.1, 0.15) is 39.9 Å². The summed E-state index contributed by atoms with van der Waals surface area (Å²) in [5.74, 6) is 0.664. The van der Waals surface area contributed by atoms with Crippen LogP contribution in [0.4, 0.5) is 22.0 Å². The number of aromatic nitrogens is 2. The molecule has 236 valence electrons. The van der Waals surface area contributed by atoms with Crippen LogP contribution in [0, 0.1) is 6.92 Å². The van der Waals surface area contributed by atoms with E-state index in [0.29, 0.717) is 43.0 Å². The van der Waals surface area contributed by atoms with Crippen molar-refractivity contribution in [3.63, 3.8) is 0 Å². The van der Waals surface area contributed by atoms with E-state index in [1.165, 1.54) is 0 Å². The fourth-order valence-electron chi connectivity index (χ4n) is 6.45. The van der Waals surface area contributed by atoms with Crippen molar-refractivity contribution >= 4 is 52.1 Å². The minimum absolute atomic E-state index is 0.0720. The van der Waals surface area contributed by atoms with Crippen LogP contribution in [0.25, 0.3) is 0 Å². The Morgan fingerprint density at radius 3 is 2.69 bits per heavy atom. The molecule has 3 aliphatic rings. The summed E-state index contributed by atoms with van der Waals surface area (Å²) in [5.41, 5.74) is 4.89. The highest BCUT2D eigenvalue weighted by Gasteiger charge is 2.41. The molecule has 45 heavy (non-hydrogen) atoms. The second-order valence-electron chi connectivity index (χ2n) is 12.8. The molecule has 1 aromatic heterocycles. The summed E-state index contributed by atoms with van der Waals surface area (Å²) in [6.45, 7) is 6.25. The molecule has 3 aromatic rings. The molecule has 0 unspecified atom stereocenters. The third kappa shape index (κ3) is 6.16. The zero-order valence-corrected chi connectivity index (χ0v) is 27.2. The molecule has 2 N–H and O–H groups in total. The van der Waals surface area contributed by atoms with Gasteiger partial charge in [0.2, 0.25) is 0 Å². The van der Waals surface area contributed by atoms with Gasteiger partial charge in [-0.15, -0.1) is 0 Å². The number of nitrogens with zero attached hydrogens (tertiary/aromatic N) is 6. The minimum atomic E-state index is -0.707. The summed E-state index contributed by atoms with van der Waals surface area (Å²) in [5, 5.41) is 10.8. The first-order valence-electron chi connectivity index (χ1n) is 15.5. The predicted octanol–water partition coefficient (Wildman–Crippen LogP) is 3.60. The summed E-state index contributed by atoms with van der Waals surface area (Å²) < 4.78 is 2.65. The van der Waals surface area contributed by atoms with E-state index in [4.69, 9.17) is 12.2 Å². The number of fused-ring (bicyclic) bond motifs is 2. The molecule has 12 heteroatoms. The first-order chi connectivity index (χ1) is 21.5. The summed E-state index contributed by atoms with van der Waals surface area (Å²) >= 11 is 5.59. The normalized spacial score (nSPS) is 19.2. The van der Waals surface area contributed by atoms with Gasteiger partial charge in [0, 0.05) is 49.1 Å². The Hall–Kier alpha value is -4.29. The van der Waals surface area contributed by atoms with Gasteiger partial charge in [0.1, 0.15) is 11.9 Å². The second-order valence-corrected chi connectivity index (χ2v) is 13.4. The second kappa shape index (κ2) is 12.2. The van der Waals surface area contributed by atoms with E-state index >= 15 is 0 Å². The number of carbonyl (C=O) groups excluding carboxylic acids is 3. The highest BCUT2D eigenvalue weighted by Crippen LogP contribution is 2.36. The molecule has 1 atom stereocenters. The monoisotopic (exact) mass is 629 g/mol. The van der Waals surface area contributed by atoms with Gasteiger partial charge >= 0.3 is 6.03 Å². The van der Waals surface area contributed by atoms with E-state index < -0.39 is 6.04 Å². The van der Waals surface area contributed by atoms with E-state index in [0.717, 1.165) is 57.9 Å². The zero-order valence-electron chi connectivity index (χ0n) is 26.4. The fourth-order valence-corrected chi connectivity index (χ4v) is 6.77. The van der Waals surface area contributed by atoms with E-state index in [9.17, 15) is 14.4 Å². The zero-order chi connectivity index (χ0) is 31.9. The van der Waals surface area contributed by atoms with Gasteiger partial charge < -0.3 is 29.8 Å². The van der Waals surface area contributed by atoms with Crippen LogP contribution in [0.5, 0.6) is 0 Å². The minimum Gasteiger partial charge on any atom is -0.338 e. The van der Waals surface area contributed by atoms with Crippen LogP contribution in [0.15, 0.2) is 48.7 Å². The molecule has 4 amide bonds. The lowest BCUT2D eigenvalue weighted by Crippen LogP contribution is -2.53. The number of urea groups is 1. The first-order valence-corrected chi connectivity index (χ1v) is 15.9. The molecule has 3 aliphatic heterocycles. The average Bonchev–Trinajstić information content (AvgIpc) is 3.44. The SMILES string of the molecule is Cc1cc(C(=O)N2Cc3cnn(C)c3Nc3ccccc32)ccc1CNC(=O)N1CCC(=S)[C@H]1C(=O)N1CCC[N+](C)(C)CC1. The average molecular weight is 630 g/mol. The maximum Gasteiger partial charge on any atom is 0.318 e. The van der Waals surface area contributed by atoms with Crippen molar-refractivity contribution in [2.24, 2.45) is 7.05 Å². The fraction of sp³-hybridized carbons (Fsp3) is 0.424. The number of likely N-dealkylation sites (tertiary alicyclic amines) is 1. The van der Waals surface area contributed by atoms with Crippen molar-refractivity contribution < 1.29 is 18.9 Å². The van der Waals surface area contributed by atoms with Crippen molar-refractivity contribution in [1.82, 2.24) is 24.9 Å². The maximum absolute atomic E-state index is 13.9. The Balaban J connectivity index is 1.13. The molecule has 2 saturated heterocycles. The van der Waals surface area contributed by atoms with Crippen molar-refractivity contribution in [3.8, 4) is 0 Å². The highest BCUT2D eigenvalue weighted by atomic mass is 32.1. The van der Waals surface area contributed by atoms with Gasteiger partial charge in [-0.05, 0) is 48.7 Å². The van der Waals surface area contributed by atoms with Gasteiger partial charge in [-0.1, -0.05) is 30.4 Å². The molecule has 0 aliphatic carbocycles. The molecule has 6 rings (SSSR count). The number of para-hydroxylation sites is 2. The molecule has 2 fully saturated rings. The number of anilines is 3. The van der Waals surface area contributed by atoms with Crippen LogP contribution in [-0.4, -0.2) is 99.6 Å². The number of hydrogen-bond acceptors (Lipinski definition) is 6. The lowest BCUT2D eigenvalue weighted by Gasteiger charge is -2.30. The summed E-state index contributed by atoms with van der Waals surface area (Å²) in [6.07, 6.45) is 3.25. The Morgan fingerprint density at radius 2 is 1.89 bits per heavy atom. The van der Waals surface area contributed by atoms with Crippen LogP contribution in [0.2, 0.25) is 0 Å². The Morgan fingerprint density at radius 1 is 1.09 bits per heavy atom. The molecular weight excluding hydrogens is 588 g/mol. The number of hydrogen-bond donors (Lipinski definition) is 2. The van der Waals surface area contributed by atoms with Crippen molar-refractivity contribution in [3.05, 3.63) is 70.9 Å². The van der Waals surface area contributed by atoms with Gasteiger partial charge in [-0.2, -0.15) is 5.10 Å². The summed E-state index contributed by atoms with van der Waals surface area (Å²) in [6, 6.07) is 12.3. The largest absolute Gasteiger partial charge is 0.338 e. The van der Waals surface area contributed by atoms with Crippen LogP contribution < -0.4 is 15.5 Å². The number of amides is 4. The number of thiocarbonyl (C=S) groups is 1. The number of rotatable bonds is 4. The number of nitrogens with one attached hydrogen (secondary N) is 2. The quantitative estimate of drug-likeness (QED) is 0.338. The molecule has 0 bridgehead atoms. The van der Waals surface area contributed by atoms with Crippen LogP contribution in [-0.2, 0) is 24.9 Å². The van der Waals surface area contributed by atoms with Crippen LogP contribution in [0.3, 0.4) is 0 Å². The first kappa shape index (κ1) is 30.7. The lowest BCUT2D eigenvalue weighted by atomic mass is 10.0. The highest BCUT2D eigenvalue weighted by molar-refractivity contribution is 7.80. The summed E-state index contributed by atoms with van der Waals surface area (Å²) in [4.78, 5) is 46.7. The molecule has 4 heterocycles. The van der Waals surface area contributed by atoms with E-state index in [1.54, 1.807) is 26.7 Å². The van der Waals surface area contributed by atoms with Gasteiger partial charge in [0.05, 0.1) is 57.8 Å². The number of likely N-dealkylation sites (N-methyl/N-ethyl adjacent to an activating group) is 1. The van der Waals surface area contributed by atoms with E-state index in [1.807, 2.05) is 55.3 Å². The van der Waals surface area contributed by atoms with E-state index in [-0.39, 0.29) is 24.4 Å². The van der Waals surface area contributed by atoms with Crippen molar-refractivity contribution in [2.45, 2.75) is 38.9 Å². The number of quaternary nitrogens is 1. The van der Waals surface area contributed by atoms with Gasteiger partial charge in [0.25, 0.3) is 11.8 Å². The molecular formula is C33H41N8O3S+. The van der Waals surface area contributed by atoms with Crippen molar-refractivity contribution in [2.75, 3.05) is 57.0 Å².